The molecular weight excluding hydrogens is 301 g/mol. The molecule has 0 unspecified atom stereocenters. The van der Waals surface area contributed by atoms with Crippen molar-refractivity contribution in [3.63, 3.8) is 0 Å². The van der Waals surface area contributed by atoms with E-state index in [0.29, 0.717) is 29.4 Å². The molecule has 5 heteroatoms. The van der Waals surface area contributed by atoms with E-state index < -0.39 is 0 Å². The quantitative estimate of drug-likeness (QED) is 0.835. The van der Waals surface area contributed by atoms with E-state index in [4.69, 9.17) is 23.2 Å². The Hall–Kier alpha value is -0.250. The van der Waals surface area contributed by atoms with E-state index in [1.54, 1.807) is 18.2 Å². The third-order valence-corrected chi connectivity index (χ3v) is 3.24. The molecule has 0 atom stereocenters. The molecule has 1 rings (SSSR count). The van der Waals surface area contributed by atoms with Crippen LogP contribution in [0.3, 0.4) is 0 Å². The summed E-state index contributed by atoms with van der Waals surface area (Å²) >= 11 is 14.6. The maximum absolute atomic E-state index is 11.3. The second-order valence-electron chi connectivity index (χ2n) is 2.97. The highest BCUT2D eigenvalue weighted by molar-refractivity contribution is 9.10. The van der Waals surface area contributed by atoms with Crippen molar-refractivity contribution < 1.29 is 4.79 Å². The molecule has 0 fully saturated rings. The Labute approximate surface area is 107 Å². The van der Waals surface area contributed by atoms with Crippen LogP contribution >= 0.6 is 39.1 Å². The first-order valence-electron chi connectivity index (χ1n) is 4.44. The highest BCUT2D eigenvalue weighted by Gasteiger charge is 2.03. The number of rotatable bonds is 4. The number of halogens is 3. The summed E-state index contributed by atoms with van der Waals surface area (Å²) in [6, 6.07) is 5.28. The molecule has 82 valence electrons. The lowest BCUT2D eigenvalue weighted by Gasteiger charge is -2.05. The van der Waals surface area contributed by atoms with Crippen molar-refractivity contribution in [2.45, 2.75) is 12.8 Å². The van der Waals surface area contributed by atoms with Gasteiger partial charge < -0.3 is 5.32 Å². The van der Waals surface area contributed by atoms with Crippen LogP contribution in [0.1, 0.15) is 12.8 Å². The molecule has 1 aromatic carbocycles. The second-order valence-corrected chi connectivity index (χ2v) is 4.61. The summed E-state index contributed by atoms with van der Waals surface area (Å²) < 4.78 is 0.808. The van der Waals surface area contributed by atoms with Crippen molar-refractivity contribution in [1.29, 1.82) is 0 Å². The van der Waals surface area contributed by atoms with Crippen LogP contribution in [-0.2, 0) is 4.79 Å². The highest BCUT2D eigenvalue weighted by atomic mass is 79.9. The van der Waals surface area contributed by atoms with E-state index in [-0.39, 0.29) is 5.91 Å². The number of benzene rings is 1. The fourth-order valence-corrected chi connectivity index (χ4v) is 1.59. The van der Waals surface area contributed by atoms with Crippen LogP contribution in [-0.4, -0.2) is 11.8 Å². The van der Waals surface area contributed by atoms with E-state index in [1.165, 1.54) is 0 Å². The number of alkyl halides is 1. The van der Waals surface area contributed by atoms with Gasteiger partial charge in [-0.1, -0.05) is 11.6 Å². The number of hydrogen-bond donors (Lipinski definition) is 1. The smallest absolute Gasteiger partial charge is 0.224 e. The van der Waals surface area contributed by atoms with Gasteiger partial charge in [0, 0.05) is 22.5 Å². The summed E-state index contributed by atoms with van der Waals surface area (Å²) in [5.41, 5.74) is 0.697. The Morgan fingerprint density at radius 2 is 2.20 bits per heavy atom. The first-order valence-corrected chi connectivity index (χ1v) is 6.15. The molecule has 0 aliphatic carbocycles. The fourth-order valence-electron chi connectivity index (χ4n) is 1.02. The molecule has 0 bridgehead atoms. The number of hydrogen-bond acceptors (Lipinski definition) is 1. The van der Waals surface area contributed by atoms with Gasteiger partial charge in [-0.25, -0.2) is 0 Å². The highest BCUT2D eigenvalue weighted by Crippen LogP contribution is 2.25. The summed E-state index contributed by atoms with van der Waals surface area (Å²) in [6.45, 7) is 0. The zero-order valence-electron chi connectivity index (χ0n) is 7.90. The molecule has 0 aromatic heterocycles. The van der Waals surface area contributed by atoms with E-state index in [0.717, 1.165) is 4.47 Å². The number of nitrogens with one attached hydrogen (secondary N) is 1. The molecule has 0 aliphatic heterocycles. The third kappa shape index (κ3) is 4.41. The average molecular weight is 311 g/mol. The number of carbonyl (C=O) groups excluding carboxylic acids is 1. The molecule has 0 saturated heterocycles. The summed E-state index contributed by atoms with van der Waals surface area (Å²) in [6.07, 6.45) is 1.11. The molecule has 0 spiro atoms. The van der Waals surface area contributed by atoms with Gasteiger partial charge in [-0.15, -0.1) is 11.6 Å². The Balaban J connectivity index is 2.57. The molecule has 1 aromatic rings. The first-order chi connectivity index (χ1) is 7.13. The molecular formula is C10H10BrCl2NO. The van der Waals surface area contributed by atoms with Crippen LogP contribution in [0.5, 0.6) is 0 Å². The number of carbonyl (C=O) groups is 1. The van der Waals surface area contributed by atoms with Crippen LogP contribution in [0.15, 0.2) is 22.7 Å². The van der Waals surface area contributed by atoms with E-state index in [9.17, 15) is 4.79 Å². The Morgan fingerprint density at radius 1 is 1.47 bits per heavy atom. The van der Waals surface area contributed by atoms with Gasteiger partial charge in [0.1, 0.15) is 0 Å². The first kappa shape index (κ1) is 12.8. The topological polar surface area (TPSA) is 29.1 Å². The monoisotopic (exact) mass is 309 g/mol. The minimum Gasteiger partial charge on any atom is -0.326 e. The Bertz CT molecular complexity index is 357. The summed E-state index contributed by atoms with van der Waals surface area (Å²) in [7, 11) is 0. The lowest BCUT2D eigenvalue weighted by molar-refractivity contribution is -0.116. The van der Waals surface area contributed by atoms with E-state index in [2.05, 4.69) is 21.2 Å². The normalized spacial score (nSPS) is 10.1. The van der Waals surface area contributed by atoms with Crippen LogP contribution in [0, 0.1) is 0 Å². The molecule has 2 nitrogen and oxygen atoms in total. The van der Waals surface area contributed by atoms with Crippen LogP contribution < -0.4 is 5.32 Å². The van der Waals surface area contributed by atoms with Gasteiger partial charge >= 0.3 is 0 Å². The van der Waals surface area contributed by atoms with Gasteiger partial charge in [0.2, 0.25) is 5.91 Å². The minimum atomic E-state index is -0.0472. The zero-order chi connectivity index (χ0) is 11.3. The van der Waals surface area contributed by atoms with Gasteiger partial charge in [0.05, 0.1) is 5.02 Å². The van der Waals surface area contributed by atoms with Gasteiger partial charge in [-0.3, -0.25) is 4.79 Å². The van der Waals surface area contributed by atoms with Crippen LogP contribution in [0.2, 0.25) is 5.02 Å². The average Bonchev–Trinajstić information content (AvgIpc) is 2.20. The largest absolute Gasteiger partial charge is 0.326 e. The van der Waals surface area contributed by atoms with Crippen molar-refractivity contribution in [2.75, 3.05) is 11.2 Å². The molecule has 0 saturated carbocycles. The lowest BCUT2D eigenvalue weighted by atomic mass is 10.3. The molecule has 1 amide bonds. The van der Waals surface area contributed by atoms with Gasteiger partial charge in [-0.05, 0) is 40.5 Å². The molecule has 0 radical (unpaired) electrons. The predicted molar refractivity (Wildman–Crippen MR) is 67.7 cm³/mol. The third-order valence-electron chi connectivity index (χ3n) is 1.74. The number of anilines is 1. The predicted octanol–water partition coefficient (Wildman–Crippen LogP) is 4.06. The maximum Gasteiger partial charge on any atom is 0.224 e. The minimum absolute atomic E-state index is 0.0472. The van der Waals surface area contributed by atoms with E-state index in [1.807, 2.05) is 0 Å². The SMILES string of the molecule is O=C(CCCCl)Nc1ccc(Br)c(Cl)c1. The van der Waals surface area contributed by atoms with Crippen molar-refractivity contribution in [3.8, 4) is 0 Å². The fraction of sp³-hybridized carbons (Fsp3) is 0.300. The summed E-state index contributed by atoms with van der Waals surface area (Å²) in [5, 5.41) is 3.32. The molecule has 1 N–H and O–H groups in total. The zero-order valence-corrected chi connectivity index (χ0v) is 11.0. The lowest BCUT2D eigenvalue weighted by Crippen LogP contribution is -2.11. The summed E-state index contributed by atoms with van der Waals surface area (Å²) in [5.74, 6) is 0.447. The Morgan fingerprint density at radius 3 is 2.80 bits per heavy atom. The maximum atomic E-state index is 11.3. The van der Waals surface area contributed by atoms with Gasteiger partial charge in [-0.2, -0.15) is 0 Å². The van der Waals surface area contributed by atoms with Crippen molar-refractivity contribution in [1.82, 2.24) is 0 Å². The van der Waals surface area contributed by atoms with Crippen molar-refractivity contribution in [3.05, 3.63) is 27.7 Å². The van der Waals surface area contributed by atoms with Crippen molar-refractivity contribution in [2.24, 2.45) is 0 Å². The number of amides is 1. The standard InChI is InChI=1S/C10H10BrCl2NO/c11-8-4-3-7(6-9(8)13)14-10(15)2-1-5-12/h3-4,6H,1-2,5H2,(H,14,15). The Kier molecular flexibility index (Phi) is 5.43. The van der Waals surface area contributed by atoms with Gasteiger partial charge in [0.15, 0.2) is 0 Å². The van der Waals surface area contributed by atoms with Crippen molar-refractivity contribution >= 4 is 50.7 Å². The van der Waals surface area contributed by atoms with E-state index >= 15 is 0 Å². The molecule has 15 heavy (non-hydrogen) atoms. The van der Waals surface area contributed by atoms with Gasteiger partial charge in [0.25, 0.3) is 0 Å². The van der Waals surface area contributed by atoms with Crippen LogP contribution in [0.25, 0.3) is 0 Å². The summed E-state index contributed by atoms with van der Waals surface area (Å²) in [4.78, 5) is 11.3. The molecule has 0 heterocycles. The molecule has 0 aliphatic rings. The second kappa shape index (κ2) is 6.36. The van der Waals surface area contributed by atoms with Crippen LogP contribution in [0.4, 0.5) is 5.69 Å².